The van der Waals surface area contributed by atoms with Gasteiger partial charge in [0.2, 0.25) is 5.78 Å². The number of hydrogen-bond acceptors (Lipinski definition) is 5. The van der Waals surface area contributed by atoms with E-state index in [1.807, 2.05) is 36.2 Å². The zero-order chi connectivity index (χ0) is 18.9. The molecule has 0 saturated heterocycles. The molecule has 0 amide bonds. The average Bonchev–Trinajstić information content (AvgIpc) is 2.99. The van der Waals surface area contributed by atoms with Crippen molar-refractivity contribution in [2.45, 2.75) is 6.42 Å². The maximum Gasteiger partial charge on any atom is 0.226 e. The predicted octanol–water partition coefficient (Wildman–Crippen LogP) is 3.03. The van der Waals surface area contributed by atoms with Crippen LogP contribution in [0.4, 0.5) is 0 Å². The van der Waals surface area contributed by atoms with E-state index in [0.29, 0.717) is 22.4 Å². The number of fused-ring (bicyclic) bond motifs is 2. The summed E-state index contributed by atoms with van der Waals surface area (Å²) in [6.07, 6.45) is 12.2. The molecule has 1 aromatic rings. The zero-order valence-electron chi connectivity index (χ0n) is 14.8. The molecular formula is C20H16BrN3O2S. The van der Waals surface area contributed by atoms with Crippen molar-refractivity contribution in [1.82, 2.24) is 9.88 Å². The lowest BCUT2D eigenvalue weighted by atomic mass is 9.68. The summed E-state index contributed by atoms with van der Waals surface area (Å²) in [5.74, 6) is -0.0898. The summed E-state index contributed by atoms with van der Waals surface area (Å²) in [4.78, 5) is 31.4. The second-order valence-corrected chi connectivity index (χ2v) is 8.67. The van der Waals surface area contributed by atoms with E-state index in [1.165, 1.54) is 11.8 Å². The summed E-state index contributed by atoms with van der Waals surface area (Å²) >= 11 is 4.94. The van der Waals surface area contributed by atoms with Crippen LogP contribution in [-0.4, -0.2) is 34.6 Å². The Morgan fingerprint density at radius 3 is 2.96 bits per heavy atom. The molecule has 5 nitrogen and oxygen atoms in total. The fraction of sp³-hybridized carbons (Fsp3) is 0.250. The van der Waals surface area contributed by atoms with Gasteiger partial charge in [0.05, 0.1) is 21.3 Å². The summed E-state index contributed by atoms with van der Waals surface area (Å²) in [6, 6.07) is 0. The second kappa shape index (κ2) is 5.69. The van der Waals surface area contributed by atoms with Gasteiger partial charge < -0.3 is 9.88 Å². The van der Waals surface area contributed by atoms with Crippen molar-refractivity contribution in [3.63, 3.8) is 0 Å². The molecule has 0 bridgehead atoms. The van der Waals surface area contributed by atoms with Crippen molar-refractivity contribution >= 4 is 45.0 Å². The number of rotatable bonds is 1. The summed E-state index contributed by atoms with van der Waals surface area (Å²) in [5, 5.41) is 3.17. The summed E-state index contributed by atoms with van der Waals surface area (Å²) in [5.41, 5.74) is 4.37. The van der Waals surface area contributed by atoms with Gasteiger partial charge in [-0.25, -0.2) is 0 Å². The van der Waals surface area contributed by atoms with Crippen LogP contribution in [0.25, 0.3) is 0 Å². The lowest BCUT2D eigenvalue weighted by molar-refractivity contribution is -0.110. The van der Waals surface area contributed by atoms with Gasteiger partial charge in [-0.2, -0.15) is 0 Å². The normalized spacial score (nSPS) is 25.7. The molecule has 0 unspecified atom stereocenters. The van der Waals surface area contributed by atoms with Gasteiger partial charge in [0, 0.05) is 35.8 Å². The van der Waals surface area contributed by atoms with Gasteiger partial charge in [-0.05, 0) is 58.6 Å². The number of carbonyl (C=O) groups excluding carboxylic acids is 2. The molecule has 3 heterocycles. The number of aliphatic imine (C=N–C) groups is 1. The number of carbonyl (C=O) groups is 2. The minimum atomic E-state index is -0.677. The highest BCUT2D eigenvalue weighted by molar-refractivity contribution is 9.12. The fourth-order valence-corrected chi connectivity index (χ4v) is 5.69. The summed E-state index contributed by atoms with van der Waals surface area (Å²) < 4.78 is 2.41. The van der Waals surface area contributed by atoms with Crippen molar-refractivity contribution in [2.75, 3.05) is 12.8 Å². The Morgan fingerprint density at radius 2 is 2.19 bits per heavy atom. The maximum absolute atomic E-state index is 13.4. The average molecular weight is 442 g/mol. The molecule has 0 fully saturated rings. The number of nitrogens with one attached hydrogen (secondary N) is 1. The zero-order valence-corrected chi connectivity index (χ0v) is 17.2. The number of halogens is 1. The topological polar surface area (TPSA) is 63.5 Å². The Labute approximate surface area is 169 Å². The van der Waals surface area contributed by atoms with E-state index in [9.17, 15) is 9.59 Å². The number of aromatic nitrogens is 1. The minimum Gasteiger partial charge on any atom is -0.358 e. The number of dihydropyridines is 1. The van der Waals surface area contributed by atoms with Crippen LogP contribution >= 0.6 is 27.7 Å². The van der Waals surface area contributed by atoms with Crippen LogP contribution in [0.1, 0.15) is 21.6 Å². The molecule has 2 aliphatic carbocycles. The van der Waals surface area contributed by atoms with Crippen LogP contribution in [0.2, 0.25) is 0 Å². The third-order valence-corrected chi connectivity index (χ3v) is 7.06. The molecule has 4 aliphatic rings. The highest BCUT2D eigenvalue weighted by Gasteiger charge is 2.48. The van der Waals surface area contributed by atoms with E-state index in [4.69, 9.17) is 4.99 Å². The lowest BCUT2D eigenvalue weighted by Gasteiger charge is -2.41. The molecule has 7 heteroatoms. The quantitative estimate of drug-likeness (QED) is 0.727. The van der Waals surface area contributed by atoms with Gasteiger partial charge in [-0.3, -0.25) is 14.6 Å². The molecule has 27 heavy (non-hydrogen) atoms. The fourth-order valence-electron chi connectivity index (χ4n) is 4.42. The molecule has 0 aromatic carbocycles. The Kier molecular flexibility index (Phi) is 3.58. The van der Waals surface area contributed by atoms with E-state index in [-0.39, 0.29) is 11.6 Å². The first-order valence-corrected chi connectivity index (χ1v) is 10.7. The molecule has 1 aromatic heterocycles. The van der Waals surface area contributed by atoms with E-state index in [1.54, 1.807) is 12.3 Å². The van der Waals surface area contributed by atoms with Crippen LogP contribution in [0.5, 0.6) is 0 Å². The SMILES string of the molecule is CSC1=CC(=O)C(Br)=C[C@]12C=CNC1=C2C2=NCCc3cn(C)c(c32)C1=O. The van der Waals surface area contributed by atoms with Crippen LogP contribution < -0.4 is 5.32 Å². The standard InChI is InChI=1S/C20H16BrN3O2S/c1-24-9-10-3-5-22-16-14(10)18(24)19(26)17-15(16)20(4-6-23-17)8-11(21)12(25)7-13(20)27-2/h4,6-9,23H,3,5H2,1-2H3/t20-/m1/s1. The lowest BCUT2D eigenvalue weighted by Crippen LogP contribution is -2.41. The number of thioether (sulfide) groups is 1. The summed E-state index contributed by atoms with van der Waals surface area (Å²) in [6.45, 7) is 0.693. The second-order valence-electron chi connectivity index (χ2n) is 6.96. The minimum absolute atomic E-state index is 0.0276. The molecule has 1 atom stereocenters. The van der Waals surface area contributed by atoms with Gasteiger partial charge in [-0.15, -0.1) is 11.8 Å². The summed E-state index contributed by atoms with van der Waals surface area (Å²) in [7, 11) is 1.91. The van der Waals surface area contributed by atoms with Gasteiger partial charge in [-0.1, -0.05) is 0 Å². The molecule has 0 radical (unpaired) electrons. The largest absolute Gasteiger partial charge is 0.358 e. The molecular weight excluding hydrogens is 426 g/mol. The number of hydrogen-bond donors (Lipinski definition) is 1. The van der Waals surface area contributed by atoms with Gasteiger partial charge in [0.15, 0.2) is 5.78 Å². The Bertz CT molecular complexity index is 1100. The Balaban J connectivity index is 1.84. The first-order valence-electron chi connectivity index (χ1n) is 8.64. The Hall–Kier alpha value is -2.12. The number of ketones is 2. The maximum atomic E-state index is 13.4. The third-order valence-electron chi connectivity index (χ3n) is 5.54. The predicted molar refractivity (Wildman–Crippen MR) is 110 cm³/mol. The highest BCUT2D eigenvalue weighted by Crippen LogP contribution is 2.52. The molecule has 2 aliphatic heterocycles. The highest BCUT2D eigenvalue weighted by atomic mass is 79.9. The number of allylic oxidation sites excluding steroid dienone is 7. The number of nitrogens with zero attached hydrogens (tertiary/aromatic N) is 2. The van der Waals surface area contributed by atoms with Crippen molar-refractivity contribution in [3.8, 4) is 0 Å². The van der Waals surface area contributed by atoms with Crippen LogP contribution in [0.15, 0.2) is 56.3 Å². The molecule has 5 rings (SSSR count). The Morgan fingerprint density at radius 1 is 1.37 bits per heavy atom. The van der Waals surface area contributed by atoms with Crippen LogP contribution in [0.3, 0.4) is 0 Å². The van der Waals surface area contributed by atoms with Gasteiger partial charge in [0.1, 0.15) is 5.69 Å². The third kappa shape index (κ3) is 2.09. The number of aryl methyl sites for hydroxylation is 1. The molecule has 0 saturated carbocycles. The van der Waals surface area contributed by atoms with Gasteiger partial charge >= 0.3 is 0 Å². The molecule has 1 spiro atoms. The van der Waals surface area contributed by atoms with E-state index in [2.05, 4.69) is 21.2 Å². The van der Waals surface area contributed by atoms with E-state index >= 15 is 0 Å². The van der Waals surface area contributed by atoms with Crippen molar-refractivity contribution in [3.05, 3.63) is 68.1 Å². The van der Waals surface area contributed by atoms with Gasteiger partial charge in [0.25, 0.3) is 0 Å². The molecule has 1 N–H and O–H groups in total. The van der Waals surface area contributed by atoms with Crippen LogP contribution in [-0.2, 0) is 18.3 Å². The monoisotopic (exact) mass is 441 g/mol. The first-order chi connectivity index (χ1) is 13.0. The van der Waals surface area contributed by atoms with Crippen molar-refractivity contribution < 1.29 is 9.59 Å². The van der Waals surface area contributed by atoms with Crippen molar-refractivity contribution in [1.29, 1.82) is 0 Å². The smallest absolute Gasteiger partial charge is 0.226 e. The van der Waals surface area contributed by atoms with Crippen molar-refractivity contribution in [2.24, 2.45) is 17.5 Å². The van der Waals surface area contributed by atoms with Crippen LogP contribution in [0, 0.1) is 5.41 Å². The molecule has 136 valence electrons. The first kappa shape index (κ1) is 17.0. The number of Topliss-reactive ketones (excluding diaryl/α,β-unsaturated/α-hetero) is 1. The van der Waals surface area contributed by atoms with E-state index in [0.717, 1.165) is 33.7 Å². The van der Waals surface area contributed by atoms with E-state index < -0.39 is 5.41 Å².